The third-order valence-corrected chi connectivity index (χ3v) is 5.79. The zero-order chi connectivity index (χ0) is 20.4. The lowest BCUT2D eigenvalue weighted by Crippen LogP contribution is -2.44. The summed E-state index contributed by atoms with van der Waals surface area (Å²) in [6, 6.07) is 3.77. The second-order valence-electron chi connectivity index (χ2n) is 7.66. The number of anilines is 2. The summed E-state index contributed by atoms with van der Waals surface area (Å²) in [7, 11) is 1.76. The molecule has 0 aromatic carbocycles. The number of aryl methyl sites for hydroxylation is 1. The average molecular weight is 392 g/mol. The van der Waals surface area contributed by atoms with Gasteiger partial charge in [-0.25, -0.2) is 15.0 Å². The maximum atomic E-state index is 12.7. The van der Waals surface area contributed by atoms with E-state index in [1.807, 2.05) is 13.0 Å². The van der Waals surface area contributed by atoms with E-state index >= 15 is 0 Å². The van der Waals surface area contributed by atoms with Crippen molar-refractivity contribution in [3.8, 4) is 17.3 Å². The molecular formula is C21H24N6O2. The number of hydrogen-bond donors (Lipinski definition) is 1. The molecule has 2 aliphatic rings. The third-order valence-electron chi connectivity index (χ3n) is 5.79. The first-order valence-electron chi connectivity index (χ1n) is 9.90. The van der Waals surface area contributed by atoms with Gasteiger partial charge in [0.2, 0.25) is 5.91 Å². The molecule has 1 fully saturated rings. The number of nitrogens with one attached hydrogen (secondary N) is 1. The van der Waals surface area contributed by atoms with Crippen molar-refractivity contribution in [1.82, 2.24) is 15.0 Å². The number of methoxy groups -OCH3 is 1. The van der Waals surface area contributed by atoms with Crippen LogP contribution in [0.15, 0.2) is 18.5 Å². The number of nitriles is 1. The van der Waals surface area contributed by atoms with E-state index in [-0.39, 0.29) is 12.5 Å². The Kier molecular flexibility index (Phi) is 5.41. The van der Waals surface area contributed by atoms with Crippen molar-refractivity contribution in [2.75, 3.05) is 30.4 Å². The van der Waals surface area contributed by atoms with E-state index in [0.29, 0.717) is 41.6 Å². The van der Waals surface area contributed by atoms with Gasteiger partial charge in [0, 0.05) is 25.4 Å². The molecule has 8 nitrogen and oxygen atoms in total. The molecule has 2 aromatic heterocycles. The Hall–Kier alpha value is -3.05. The molecule has 0 unspecified atom stereocenters. The van der Waals surface area contributed by atoms with Crippen LogP contribution in [0.3, 0.4) is 0 Å². The average Bonchev–Trinajstić information content (AvgIpc) is 2.76. The van der Waals surface area contributed by atoms with Gasteiger partial charge in [-0.1, -0.05) is 0 Å². The van der Waals surface area contributed by atoms with Gasteiger partial charge >= 0.3 is 0 Å². The summed E-state index contributed by atoms with van der Waals surface area (Å²) < 4.78 is 5.46. The summed E-state index contributed by atoms with van der Waals surface area (Å²) in [4.78, 5) is 27.9. The Balaban J connectivity index is 1.61. The van der Waals surface area contributed by atoms with Gasteiger partial charge in [-0.2, -0.15) is 5.26 Å². The van der Waals surface area contributed by atoms with Crippen molar-refractivity contribution in [2.24, 2.45) is 5.92 Å². The van der Waals surface area contributed by atoms with Crippen LogP contribution in [0.2, 0.25) is 0 Å². The number of fused-ring (bicyclic) bond motifs is 1. The maximum Gasteiger partial charge on any atom is 0.247 e. The number of pyridine rings is 1. The smallest absolute Gasteiger partial charge is 0.247 e. The molecule has 1 saturated carbocycles. The van der Waals surface area contributed by atoms with Gasteiger partial charge in [0.1, 0.15) is 11.8 Å². The molecule has 1 aliphatic carbocycles. The number of amides is 1. The van der Waals surface area contributed by atoms with E-state index in [4.69, 9.17) is 15.0 Å². The van der Waals surface area contributed by atoms with E-state index in [1.165, 1.54) is 0 Å². The number of carbonyl (C=O) groups is 1. The lowest BCUT2D eigenvalue weighted by atomic mass is 9.87. The van der Waals surface area contributed by atoms with Gasteiger partial charge in [0.25, 0.3) is 0 Å². The number of rotatable bonds is 4. The van der Waals surface area contributed by atoms with Crippen molar-refractivity contribution in [3.05, 3.63) is 29.7 Å². The van der Waals surface area contributed by atoms with Gasteiger partial charge in [-0.05, 0) is 50.2 Å². The summed E-state index contributed by atoms with van der Waals surface area (Å²) in [5, 5.41) is 12.1. The predicted octanol–water partition coefficient (Wildman–Crippen LogP) is 2.68. The number of ether oxygens (including phenoxy) is 1. The summed E-state index contributed by atoms with van der Waals surface area (Å²) in [6.45, 7) is 2.78. The van der Waals surface area contributed by atoms with Crippen LogP contribution in [-0.4, -0.2) is 47.2 Å². The topological polar surface area (TPSA) is 104 Å². The van der Waals surface area contributed by atoms with E-state index < -0.39 is 0 Å². The van der Waals surface area contributed by atoms with Gasteiger partial charge in [0.15, 0.2) is 11.6 Å². The first-order valence-corrected chi connectivity index (χ1v) is 9.90. The lowest BCUT2D eigenvalue weighted by Gasteiger charge is -2.34. The summed E-state index contributed by atoms with van der Waals surface area (Å²) in [5.41, 5.74) is 2.70. The molecule has 0 atom stereocenters. The molecule has 8 heteroatoms. The Morgan fingerprint density at radius 2 is 2.07 bits per heavy atom. The Morgan fingerprint density at radius 1 is 1.28 bits per heavy atom. The van der Waals surface area contributed by atoms with Crippen LogP contribution in [0.25, 0.3) is 11.3 Å². The minimum absolute atomic E-state index is 0.00694. The highest BCUT2D eigenvalue weighted by molar-refractivity contribution is 6.00. The van der Waals surface area contributed by atoms with Gasteiger partial charge < -0.3 is 10.1 Å². The van der Waals surface area contributed by atoms with Crippen LogP contribution in [0.1, 0.15) is 36.9 Å². The number of hydrogen-bond acceptors (Lipinski definition) is 7. The van der Waals surface area contributed by atoms with E-state index in [2.05, 4.69) is 15.3 Å². The number of aromatic nitrogens is 3. The number of carbonyl (C=O) groups excluding carboxylic acids is 1. The minimum Gasteiger partial charge on any atom is -0.381 e. The summed E-state index contributed by atoms with van der Waals surface area (Å²) >= 11 is 0. The molecule has 4 rings (SSSR count). The van der Waals surface area contributed by atoms with Crippen LogP contribution in [-0.2, 0) is 9.53 Å². The van der Waals surface area contributed by atoms with E-state index in [9.17, 15) is 4.79 Å². The van der Waals surface area contributed by atoms with Gasteiger partial charge in [-0.3, -0.25) is 9.69 Å². The van der Waals surface area contributed by atoms with Crippen molar-refractivity contribution >= 4 is 17.5 Å². The fourth-order valence-electron chi connectivity index (χ4n) is 4.08. The fraction of sp³-hybridized carbons (Fsp3) is 0.476. The normalized spacial score (nSPS) is 21.3. The Labute approximate surface area is 169 Å². The van der Waals surface area contributed by atoms with Crippen molar-refractivity contribution in [2.45, 2.75) is 38.7 Å². The summed E-state index contributed by atoms with van der Waals surface area (Å²) in [6.07, 6.45) is 7.77. The van der Waals surface area contributed by atoms with Crippen molar-refractivity contribution in [3.63, 3.8) is 0 Å². The third kappa shape index (κ3) is 3.91. The van der Waals surface area contributed by atoms with Crippen LogP contribution in [0.4, 0.5) is 11.6 Å². The minimum atomic E-state index is 0.00694. The highest BCUT2D eigenvalue weighted by Crippen LogP contribution is 2.33. The van der Waals surface area contributed by atoms with Crippen LogP contribution in [0.5, 0.6) is 0 Å². The second kappa shape index (κ2) is 8.13. The standard InChI is InChI=1S/C21H24N6O2/c1-13-7-15(8-22)23-9-17(13)18-10-24-20-21(26-18)27(19(28)11-25-20)12-14-3-5-16(29-2)6-4-14/h7,9-10,14,16H,3-6,11-12H2,1-2H3,(H,24,25). The fourth-order valence-corrected chi connectivity index (χ4v) is 4.08. The second-order valence-corrected chi connectivity index (χ2v) is 7.66. The first kappa shape index (κ1) is 19.3. The molecule has 0 spiro atoms. The molecule has 1 amide bonds. The largest absolute Gasteiger partial charge is 0.381 e. The zero-order valence-electron chi connectivity index (χ0n) is 16.7. The highest BCUT2D eigenvalue weighted by Gasteiger charge is 2.31. The number of nitrogens with zero attached hydrogens (tertiary/aromatic N) is 5. The molecule has 150 valence electrons. The first-order chi connectivity index (χ1) is 14.1. The molecular weight excluding hydrogens is 368 g/mol. The van der Waals surface area contributed by atoms with Crippen LogP contribution >= 0.6 is 0 Å². The van der Waals surface area contributed by atoms with Crippen LogP contribution < -0.4 is 10.2 Å². The van der Waals surface area contributed by atoms with E-state index in [1.54, 1.807) is 30.5 Å². The Morgan fingerprint density at radius 3 is 2.76 bits per heavy atom. The molecule has 2 aromatic rings. The lowest BCUT2D eigenvalue weighted by molar-refractivity contribution is -0.117. The van der Waals surface area contributed by atoms with Crippen molar-refractivity contribution < 1.29 is 9.53 Å². The molecule has 0 saturated heterocycles. The predicted molar refractivity (Wildman–Crippen MR) is 108 cm³/mol. The van der Waals surface area contributed by atoms with Crippen molar-refractivity contribution in [1.29, 1.82) is 5.26 Å². The monoisotopic (exact) mass is 392 g/mol. The molecule has 1 N–H and O–H groups in total. The van der Waals surface area contributed by atoms with Crippen LogP contribution in [0, 0.1) is 24.2 Å². The van der Waals surface area contributed by atoms with Gasteiger partial charge in [-0.15, -0.1) is 0 Å². The highest BCUT2D eigenvalue weighted by atomic mass is 16.5. The Bertz CT molecular complexity index is 962. The molecule has 0 radical (unpaired) electrons. The maximum absolute atomic E-state index is 12.7. The summed E-state index contributed by atoms with van der Waals surface area (Å²) in [5.74, 6) is 1.63. The molecule has 29 heavy (non-hydrogen) atoms. The quantitative estimate of drug-likeness (QED) is 0.853. The zero-order valence-corrected chi connectivity index (χ0v) is 16.7. The molecule has 1 aliphatic heterocycles. The molecule has 0 bridgehead atoms. The SMILES string of the molecule is COC1CCC(CN2C(=O)CNc3ncc(-c4cnc(C#N)cc4C)nc32)CC1. The van der Waals surface area contributed by atoms with Gasteiger partial charge in [0.05, 0.1) is 24.5 Å². The van der Waals surface area contributed by atoms with E-state index in [0.717, 1.165) is 36.8 Å². The molecule has 3 heterocycles.